The van der Waals surface area contributed by atoms with Crippen LogP contribution in [0.4, 0.5) is 5.69 Å². The van der Waals surface area contributed by atoms with Crippen molar-refractivity contribution in [3.8, 4) is 11.4 Å². The normalized spacial score (nSPS) is 11.8. The number of allylic oxidation sites excluding steroid dienone is 1. The summed E-state index contributed by atoms with van der Waals surface area (Å²) in [7, 11) is 1.78. The minimum Gasteiger partial charge on any atom is -0.483 e. The van der Waals surface area contributed by atoms with Gasteiger partial charge in [0.1, 0.15) is 11.4 Å². The Kier molecular flexibility index (Phi) is 8.34. The summed E-state index contributed by atoms with van der Waals surface area (Å²) in [6.45, 7) is 7.97. The fourth-order valence-corrected chi connectivity index (χ4v) is 4.82. The molecule has 11 heteroatoms. The van der Waals surface area contributed by atoms with Crippen molar-refractivity contribution >= 4 is 39.3 Å². The van der Waals surface area contributed by atoms with Gasteiger partial charge in [0.15, 0.2) is 17.1 Å². The Morgan fingerprint density at radius 1 is 1.19 bits per heavy atom. The zero-order chi connectivity index (χ0) is 26.5. The molecule has 1 N–H and O–H groups in total. The Labute approximate surface area is 227 Å². The third kappa shape index (κ3) is 5.89. The van der Waals surface area contributed by atoms with Crippen molar-refractivity contribution in [3.05, 3.63) is 93.6 Å². The minimum atomic E-state index is -0.375. The third-order valence-corrected chi connectivity index (χ3v) is 7.19. The fraction of sp³-hybridized carbons (Fsp3) is 0.231. The standard InChI is InChI=1S/C26H27BrN6O3S/c1-5-15-32-24(18(3)36-21-13-11-19(27)12-14-21)29-30-26(32)37-16-22(34)28-23-17(2)31(4)33(25(23)35)20-9-7-6-8-10-20/h5-14,18H,1,15-16H2,2-4H3,(H,28,34). The van der Waals surface area contributed by atoms with E-state index in [1.807, 2.05) is 66.1 Å². The summed E-state index contributed by atoms with van der Waals surface area (Å²) < 4.78 is 12.1. The van der Waals surface area contributed by atoms with E-state index in [0.717, 1.165) is 10.2 Å². The lowest BCUT2D eigenvalue weighted by Crippen LogP contribution is -2.23. The molecule has 0 saturated heterocycles. The van der Waals surface area contributed by atoms with Crippen molar-refractivity contribution in [1.82, 2.24) is 24.1 Å². The predicted octanol–water partition coefficient (Wildman–Crippen LogP) is 4.90. The molecule has 0 radical (unpaired) electrons. The summed E-state index contributed by atoms with van der Waals surface area (Å²) >= 11 is 4.65. The van der Waals surface area contributed by atoms with Crippen LogP contribution in [0.2, 0.25) is 0 Å². The smallest absolute Gasteiger partial charge is 0.295 e. The van der Waals surface area contributed by atoms with Gasteiger partial charge in [-0.2, -0.15) is 0 Å². The molecule has 0 aliphatic carbocycles. The zero-order valence-electron chi connectivity index (χ0n) is 20.7. The number of halogens is 1. The molecule has 2 aromatic heterocycles. The van der Waals surface area contributed by atoms with E-state index in [1.54, 1.807) is 24.7 Å². The van der Waals surface area contributed by atoms with Crippen LogP contribution >= 0.6 is 27.7 Å². The van der Waals surface area contributed by atoms with E-state index in [1.165, 1.54) is 16.4 Å². The van der Waals surface area contributed by atoms with E-state index >= 15 is 0 Å². The van der Waals surface area contributed by atoms with Crippen LogP contribution in [0.15, 0.2) is 81.7 Å². The van der Waals surface area contributed by atoms with Gasteiger partial charge in [-0.25, -0.2) is 4.68 Å². The highest BCUT2D eigenvalue weighted by Crippen LogP contribution is 2.26. The maximum Gasteiger partial charge on any atom is 0.295 e. The summed E-state index contributed by atoms with van der Waals surface area (Å²) in [5.74, 6) is 1.06. The van der Waals surface area contributed by atoms with Crippen molar-refractivity contribution in [1.29, 1.82) is 0 Å². The Balaban J connectivity index is 1.47. The maximum absolute atomic E-state index is 13.1. The van der Waals surface area contributed by atoms with E-state index < -0.39 is 0 Å². The largest absolute Gasteiger partial charge is 0.483 e. The second-order valence-corrected chi connectivity index (χ2v) is 10.1. The molecule has 0 saturated carbocycles. The van der Waals surface area contributed by atoms with Crippen LogP contribution in [-0.4, -0.2) is 35.8 Å². The fourth-order valence-electron chi connectivity index (χ4n) is 3.80. The van der Waals surface area contributed by atoms with Crippen molar-refractivity contribution < 1.29 is 9.53 Å². The lowest BCUT2D eigenvalue weighted by molar-refractivity contribution is -0.113. The molecule has 192 valence electrons. The molecule has 4 aromatic rings. The van der Waals surface area contributed by atoms with Crippen molar-refractivity contribution in [2.24, 2.45) is 7.05 Å². The highest BCUT2D eigenvalue weighted by molar-refractivity contribution is 9.10. The second kappa shape index (κ2) is 11.7. The van der Waals surface area contributed by atoms with Crippen LogP contribution in [-0.2, 0) is 18.4 Å². The van der Waals surface area contributed by atoms with Crippen LogP contribution in [0.1, 0.15) is 24.5 Å². The van der Waals surface area contributed by atoms with Gasteiger partial charge < -0.3 is 10.1 Å². The number of hydrogen-bond donors (Lipinski definition) is 1. The van der Waals surface area contributed by atoms with Gasteiger partial charge in [0.05, 0.1) is 17.1 Å². The maximum atomic E-state index is 13.1. The van der Waals surface area contributed by atoms with Gasteiger partial charge in [-0.1, -0.05) is 52.0 Å². The number of amides is 1. The molecule has 1 amide bonds. The number of benzene rings is 2. The number of nitrogens with zero attached hydrogens (tertiary/aromatic N) is 5. The molecule has 0 aliphatic heterocycles. The first-order valence-corrected chi connectivity index (χ1v) is 13.3. The van der Waals surface area contributed by atoms with Gasteiger partial charge in [0, 0.05) is 18.1 Å². The summed E-state index contributed by atoms with van der Waals surface area (Å²) in [4.78, 5) is 25.9. The highest BCUT2D eigenvalue weighted by atomic mass is 79.9. The molecular formula is C26H27BrN6O3S. The van der Waals surface area contributed by atoms with Gasteiger partial charge in [-0.15, -0.1) is 16.8 Å². The quantitative estimate of drug-likeness (QED) is 0.211. The number of carbonyl (C=O) groups is 1. The number of carbonyl (C=O) groups excluding carboxylic acids is 1. The monoisotopic (exact) mass is 582 g/mol. The van der Waals surface area contributed by atoms with Crippen LogP contribution < -0.4 is 15.6 Å². The molecule has 0 aliphatic rings. The first-order valence-electron chi connectivity index (χ1n) is 11.5. The Morgan fingerprint density at radius 2 is 1.89 bits per heavy atom. The van der Waals surface area contributed by atoms with Crippen LogP contribution in [0, 0.1) is 6.92 Å². The summed E-state index contributed by atoms with van der Waals surface area (Å²) in [5, 5.41) is 11.9. The average Bonchev–Trinajstić information content (AvgIpc) is 3.38. The molecule has 4 rings (SSSR count). The first kappa shape index (κ1) is 26.5. The van der Waals surface area contributed by atoms with E-state index in [4.69, 9.17) is 4.74 Å². The van der Waals surface area contributed by atoms with Gasteiger partial charge in [0.2, 0.25) is 5.91 Å². The number of rotatable bonds is 10. The van der Waals surface area contributed by atoms with E-state index in [2.05, 4.69) is 38.0 Å². The van der Waals surface area contributed by atoms with Gasteiger partial charge in [-0.05, 0) is 50.2 Å². The van der Waals surface area contributed by atoms with E-state index in [9.17, 15) is 9.59 Å². The molecular weight excluding hydrogens is 556 g/mol. The molecule has 0 bridgehead atoms. The van der Waals surface area contributed by atoms with Crippen molar-refractivity contribution in [3.63, 3.8) is 0 Å². The Morgan fingerprint density at radius 3 is 2.57 bits per heavy atom. The van der Waals surface area contributed by atoms with Crippen LogP contribution in [0.3, 0.4) is 0 Å². The molecule has 37 heavy (non-hydrogen) atoms. The van der Waals surface area contributed by atoms with Gasteiger partial charge >= 0.3 is 0 Å². The summed E-state index contributed by atoms with van der Waals surface area (Å²) in [6, 6.07) is 16.8. The molecule has 2 heterocycles. The molecule has 1 atom stereocenters. The zero-order valence-corrected chi connectivity index (χ0v) is 23.1. The molecule has 2 aromatic carbocycles. The predicted molar refractivity (Wildman–Crippen MR) is 149 cm³/mol. The number of thioether (sulfide) groups is 1. The molecule has 9 nitrogen and oxygen atoms in total. The minimum absolute atomic E-state index is 0.0519. The SMILES string of the molecule is C=CCn1c(SCC(=O)Nc2c(C)n(C)n(-c3ccccc3)c2=O)nnc1C(C)Oc1ccc(Br)cc1. The lowest BCUT2D eigenvalue weighted by atomic mass is 10.3. The van der Waals surface area contributed by atoms with Gasteiger partial charge in [-0.3, -0.25) is 18.8 Å². The number of anilines is 1. The Hall–Kier alpha value is -3.57. The first-order chi connectivity index (χ1) is 17.8. The van der Waals surface area contributed by atoms with Crippen molar-refractivity contribution in [2.75, 3.05) is 11.1 Å². The van der Waals surface area contributed by atoms with Crippen LogP contribution in [0.25, 0.3) is 5.69 Å². The lowest BCUT2D eigenvalue weighted by Gasteiger charge is -2.15. The highest BCUT2D eigenvalue weighted by Gasteiger charge is 2.21. The number of hydrogen-bond acceptors (Lipinski definition) is 6. The number of ether oxygens (including phenoxy) is 1. The van der Waals surface area contributed by atoms with Gasteiger partial charge in [0.25, 0.3) is 5.56 Å². The number of nitrogens with one attached hydrogen (secondary N) is 1. The Bertz CT molecular complexity index is 1460. The summed E-state index contributed by atoms with van der Waals surface area (Å²) in [6.07, 6.45) is 1.36. The van der Waals surface area contributed by atoms with Crippen LogP contribution in [0.5, 0.6) is 5.75 Å². The number of aromatic nitrogens is 5. The number of para-hydroxylation sites is 1. The topological polar surface area (TPSA) is 96.0 Å². The molecule has 1 unspecified atom stereocenters. The summed E-state index contributed by atoms with van der Waals surface area (Å²) in [5.41, 5.74) is 1.34. The third-order valence-electron chi connectivity index (χ3n) is 5.70. The molecule has 0 spiro atoms. The van der Waals surface area contributed by atoms with E-state index in [-0.39, 0.29) is 29.0 Å². The van der Waals surface area contributed by atoms with Crippen molar-refractivity contribution in [2.45, 2.75) is 31.7 Å². The average molecular weight is 584 g/mol. The second-order valence-electron chi connectivity index (χ2n) is 8.23. The molecule has 0 fully saturated rings. The van der Waals surface area contributed by atoms with E-state index in [0.29, 0.717) is 29.0 Å².